The van der Waals surface area contributed by atoms with Crippen molar-refractivity contribution in [1.29, 1.82) is 0 Å². The highest BCUT2D eigenvalue weighted by atomic mass is 16.5. The van der Waals surface area contributed by atoms with Gasteiger partial charge in [0.1, 0.15) is 5.75 Å². The largest absolute Gasteiger partial charge is 0.490 e. The van der Waals surface area contributed by atoms with E-state index < -0.39 is 6.04 Å². The normalized spacial score (nSPS) is 22.4. The molecule has 1 aliphatic rings. The molecule has 2 aromatic rings. The molecule has 3 rings (SSSR count). The Bertz CT molecular complexity index is 1020. The first-order chi connectivity index (χ1) is 17.8. The summed E-state index contributed by atoms with van der Waals surface area (Å²) in [5.41, 5.74) is 1.38. The number of carbonyl (C=O) groups is 2. The van der Waals surface area contributed by atoms with Gasteiger partial charge in [0.15, 0.2) is 0 Å². The van der Waals surface area contributed by atoms with Crippen LogP contribution < -0.4 is 15.4 Å². The molecular formula is C29H41N3O5. The molecular weight excluding hydrogens is 470 g/mol. The van der Waals surface area contributed by atoms with Crippen molar-refractivity contribution in [3.05, 3.63) is 59.7 Å². The topological polar surface area (TPSA) is 100 Å². The van der Waals surface area contributed by atoms with Crippen LogP contribution in [-0.2, 0) is 4.74 Å². The average molecular weight is 512 g/mol. The lowest BCUT2D eigenvalue weighted by Crippen LogP contribution is -2.47. The van der Waals surface area contributed by atoms with Gasteiger partial charge >= 0.3 is 0 Å². The summed E-state index contributed by atoms with van der Waals surface area (Å²) in [6.45, 7) is 7.43. The second kappa shape index (κ2) is 14.1. The molecule has 0 spiro atoms. The maximum absolute atomic E-state index is 14.0. The SMILES string of the molecule is CNC[C@@H]1OCCCC[C@@H](C)Oc2ccc(NC(=O)c3ccccc3)cc2C(=O)N([C@@H](C)CO)C[C@H]1C. The molecule has 2 amide bonds. The fraction of sp³-hybridized carbons (Fsp3) is 0.517. The third-order valence-electron chi connectivity index (χ3n) is 6.75. The Morgan fingerprint density at radius 3 is 2.62 bits per heavy atom. The van der Waals surface area contributed by atoms with Crippen LogP contribution in [0.2, 0.25) is 0 Å². The van der Waals surface area contributed by atoms with E-state index in [1.165, 1.54) is 0 Å². The molecule has 0 saturated heterocycles. The quantitative estimate of drug-likeness (QED) is 0.543. The van der Waals surface area contributed by atoms with Gasteiger partial charge in [-0.15, -0.1) is 0 Å². The van der Waals surface area contributed by atoms with Crippen LogP contribution in [0.15, 0.2) is 48.5 Å². The Morgan fingerprint density at radius 1 is 1.16 bits per heavy atom. The molecule has 1 heterocycles. The van der Waals surface area contributed by atoms with Crippen molar-refractivity contribution >= 4 is 17.5 Å². The summed E-state index contributed by atoms with van der Waals surface area (Å²) in [6, 6.07) is 13.7. The third-order valence-corrected chi connectivity index (χ3v) is 6.75. The van der Waals surface area contributed by atoms with Crippen LogP contribution in [0, 0.1) is 5.92 Å². The molecule has 0 aromatic heterocycles. The highest BCUT2D eigenvalue weighted by Gasteiger charge is 2.29. The Labute approximate surface area is 220 Å². The van der Waals surface area contributed by atoms with Crippen molar-refractivity contribution in [2.24, 2.45) is 5.92 Å². The van der Waals surface area contributed by atoms with Gasteiger partial charge in [-0.3, -0.25) is 9.59 Å². The minimum absolute atomic E-state index is 0.0256. The highest BCUT2D eigenvalue weighted by molar-refractivity contribution is 6.05. The van der Waals surface area contributed by atoms with Crippen LogP contribution in [0.3, 0.4) is 0 Å². The molecule has 4 atom stereocenters. The fourth-order valence-electron chi connectivity index (χ4n) is 4.48. The van der Waals surface area contributed by atoms with E-state index in [0.717, 1.165) is 19.3 Å². The number of rotatable bonds is 6. The predicted molar refractivity (Wildman–Crippen MR) is 145 cm³/mol. The van der Waals surface area contributed by atoms with Crippen molar-refractivity contribution in [2.75, 3.05) is 38.7 Å². The minimum atomic E-state index is -0.411. The van der Waals surface area contributed by atoms with Crippen molar-refractivity contribution in [2.45, 2.75) is 58.3 Å². The number of amides is 2. The second-order valence-corrected chi connectivity index (χ2v) is 9.89. The van der Waals surface area contributed by atoms with E-state index in [-0.39, 0.29) is 36.5 Å². The first-order valence-electron chi connectivity index (χ1n) is 13.2. The molecule has 2 aromatic carbocycles. The smallest absolute Gasteiger partial charge is 0.258 e. The van der Waals surface area contributed by atoms with E-state index in [1.54, 1.807) is 47.4 Å². The lowest BCUT2D eigenvalue weighted by atomic mass is 10.0. The lowest BCUT2D eigenvalue weighted by Gasteiger charge is -2.34. The fourth-order valence-corrected chi connectivity index (χ4v) is 4.48. The number of hydrogen-bond donors (Lipinski definition) is 3. The van der Waals surface area contributed by atoms with E-state index in [1.807, 2.05) is 27.0 Å². The van der Waals surface area contributed by atoms with Gasteiger partial charge in [0.25, 0.3) is 11.8 Å². The zero-order chi connectivity index (χ0) is 26.8. The van der Waals surface area contributed by atoms with Crippen LogP contribution >= 0.6 is 0 Å². The van der Waals surface area contributed by atoms with Crippen molar-refractivity contribution in [3.63, 3.8) is 0 Å². The Morgan fingerprint density at radius 2 is 1.92 bits per heavy atom. The monoisotopic (exact) mass is 511 g/mol. The van der Waals surface area contributed by atoms with Gasteiger partial charge in [0.05, 0.1) is 30.4 Å². The number of hydrogen-bond acceptors (Lipinski definition) is 6. The average Bonchev–Trinajstić information content (AvgIpc) is 2.90. The Hall–Kier alpha value is -2.94. The number of aliphatic hydroxyl groups is 1. The summed E-state index contributed by atoms with van der Waals surface area (Å²) >= 11 is 0. The van der Waals surface area contributed by atoms with Crippen LogP contribution in [0.25, 0.3) is 0 Å². The molecule has 1 aliphatic heterocycles. The molecule has 8 nitrogen and oxygen atoms in total. The first-order valence-corrected chi connectivity index (χ1v) is 13.2. The molecule has 0 saturated carbocycles. The summed E-state index contributed by atoms with van der Waals surface area (Å²) < 4.78 is 12.4. The summed E-state index contributed by atoms with van der Waals surface area (Å²) in [6.07, 6.45) is 2.53. The van der Waals surface area contributed by atoms with E-state index in [0.29, 0.717) is 42.3 Å². The van der Waals surface area contributed by atoms with E-state index in [9.17, 15) is 14.7 Å². The molecule has 0 fully saturated rings. The zero-order valence-electron chi connectivity index (χ0n) is 22.4. The van der Waals surface area contributed by atoms with Gasteiger partial charge in [-0.05, 0) is 70.5 Å². The number of benzene rings is 2. The third kappa shape index (κ3) is 8.02. The van der Waals surface area contributed by atoms with Crippen molar-refractivity contribution in [3.8, 4) is 5.75 Å². The van der Waals surface area contributed by atoms with Gasteiger partial charge < -0.3 is 30.1 Å². The number of nitrogens with zero attached hydrogens (tertiary/aromatic N) is 1. The summed E-state index contributed by atoms with van der Waals surface area (Å²) in [4.78, 5) is 28.4. The van der Waals surface area contributed by atoms with E-state index >= 15 is 0 Å². The Balaban J connectivity index is 1.97. The molecule has 37 heavy (non-hydrogen) atoms. The predicted octanol–water partition coefficient (Wildman–Crippen LogP) is 3.95. The molecule has 0 bridgehead atoms. The number of ether oxygens (including phenoxy) is 2. The van der Waals surface area contributed by atoms with Crippen LogP contribution in [0.4, 0.5) is 5.69 Å². The zero-order valence-corrected chi connectivity index (χ0v) is 22.4. The minimum Gasteiger partial charge on any atom is -0.490 e. The standard InChI is InChI=1S/C29H41N3O5/c1-20-18-32(21(2)19-33)29(35)25-16-24(31-28(34)23-11-6-5-7-12-23)13-14-26(25)37-22(3)10-8-9-15-36-27(20)17-30-4/h5-7,11-14,16,20-22,27,30,33H,8-10,15,17-19H2,1-4H3,(H,31,34)/t20-,21+,22-,27+/m1/s1. The lowest BCUT2D eigenvalue weighted by molar-refractivity contribution is -0.000452. The Kier molecular flexibility index (Phi) is 10.9. The van der Waals surface area contributed by atoms with Gasteiger partial charge in [0.2, 0.25) is 0 Å². The number of nitrogens with one attached hydrogen (secondary N) is 2. The van der Waals surface area contributed by atoms with E-state index in [2.05, 4.69) is 17.6 Å². The summed E-state index contributed by atoms with van der Waals surface area (Å²) in [5, 5.41) is 16.1. The molecule has 8 heteroatoms. The number of aliphatic hydroxyl groups excluding tert-OH is 1. The molecule has 0 aliphatic carbocycles. The molecule has 202 valence electrons. The van der Waals surface area contributed by atoms with Gasteiger partial charge in [-0.25, -0.2) is 0 Å². The maximum atomic E-state index is 14.0. The van der Waals surface area contributed by atoms with Gasteiger partial charge in [0, 0.05) is 36.9 Å². The van der Waals surface area contributed by atoms with E-state index in [4.69, 9.17) is 9.47 Å². The molecule has 0 unspecified atom stereocenters. The molecule has 0 radical (unpaired) electrons. The number of fused-ring (bicyclic) bond motifs is 1. The summed E-state index contributed by atoms with van der Waals surface area (Å²) in [7, 11) is 1.89. The summed E-state index contributed by atoms with van der Waals surface area (Å²) in [5.74, 6) is -0.0215. The first kappa shape index (κ1) is 28.6. The van der Waals surface area contributed by atoms with Crippen LogP contribution in [-0.4, -0.2) is 73.4 Å². The van der Waals surface area contributed by atoms with Crippen LogP contribution in [0.1, 0.15) is 60.7 Å². The second-order valence-electron chi connectivity index (χ2n) is 9.89. The highest BCUT2D eigenvalue weighted by Crippen LogP contribution is 2.28. The van der Waals surface area contributed by atoms with Gasteiger partial charge in [-0.2, -0.15) is 0 Å². The van der Waals surface area contributed by atoms with Gasteiger partial charge in [-0.1, -0.05) is 25.1 Å². The van der Waals surface area contributed by atoms with Crippen molar-refractivity contribution in [1.82, 2.24) is 10.2 Å². The number of carbonyl (C=O) groups excluding carboxylic acids is 2. The molecule has 3 N–H and O–H groups in total. The maximum Gasteiger partial charge on any atom is 0.258 e. The number of likely N-dealkylation sites (N-methyl/N-ethyl adjacent to an activating group) is 1. The van der Waals surface area contributed by atoms with Crippen LogP contribution in [0.5, 0.6) is 5.75 Å². The number of anilines is 1. The van der Waals surface area contributed by atoms with Crippen molar-refractivity contribution < 1.29 is 24.2 Å².